The predicted octanol–water partition coefficient (Wildman–Crippen LogP) is 2.93. The van der Waals surface area contributed by atoms with E-state index in [1.807, 2.05) is 24.3 Å². The third-order valence-electron chi connectivity index (χ3n) is 2.93. The van der Waals surface area contributed by atoms with Crippen molar-refractivity contribution in [2.45, 2.75) is 24.9 Å². The van der Waals surface area contributed by atoms with Gasteiger partial charge in [-0.3, -0.25) is 0 Å². The molecule has 0 saturated carbocycles. The van der Waals surface area contributed by atoms with Gasteiger partial charge in [0.1, 0.15) is 0 Å². The number of hydrogen-bond acceptors (Lipinski definition) is 2. The van der Waals surface area contributed by atoms with Crippen molar-refractivity contribution in [1.82, 2.24) is 0 Å². The van der Waals surface area contributed by atoms with Gasteiger partial charge in [-0.05, 0) is 37.0 Å². The number of carboxylic acid groups (broad SMARTS) is 1. The van der Waals surface area contributed by atoms with Crippen LogP contribution in [0, 0.1) is 0 Å². The van der Waals surface area contributed by atoms with Gasteiger partial charge >= 0.3 is 5.97 Å². The van der Waals surface area contributed by atoms with E-state index in [9.17, 15) is 9.90 Å². The Labute approximate surface area is 103 Å². The molecule has 0 amide bonds. The lowest BCUT2D eigenvalue weighted by Gasteiger charge is -2.33. The molecular formula is C12H13BrO3. The summed E-state index contributed by atoms with van der Waals surface area (Å²) in [4.78, 5) is 11.4. The largest absolute Gasteiger partial charge is 0.479 e. The summed E-state index contributed by atoms with van der Waals surface area (Å²) in [6, 6.07) is 7.31. The highest BCUT2D eigenvalue weighted by Crippen LogP contribution is 2.35. The van der Waals surface area contributed by atoms with Crippen molar-refractivity contribution in [2.75, 3.05) is 6.61 Å². The normalized spacial score (nSPS) is 25.3. The summed E-state index contributed by atoms with van der Waals surface area (Å²) < 4.78 is 6.48. The zero-order chi connectivity index (χ0) is 11.6. The van der Waals surface area contributed by atoms with Gasteiger partial charge in [-0.1, -0.05) is 28.1 Å². The lowest BCUT2D eigenvalue weighted by Crippen LogP contribution is -2.41. The first-order valence-corrected chi connectivity index (χ1v) is 6.08. The van der Waals surface area contributed by atoms with E-state index in [1.165, 1.54) is 0 Å². The smallest absolute Gasteiger partial charge is 0.340 e. The third kappa shape index (κ3) is 1.99. The molecular weight excluding hydrogens is 272 g/mol. The van der Waals surface area contributed by atoms with Crippen LogP contribution in [0.3, 0.4) is 0 Å². The molecule has 1 fully saturated rings. The van der Waals surface area contributed by atoms with Crippen LogP contribution in [-0.4, -0.2) is 17.7 Å². The molecule has 16 heavy (non-hydrogen) atoms. The van der Waals surface area contributed by atoms with Crippen LogP contribution < -0.4 is 0 Å². The lowest BCUT2D eigenvalue weighted by atomic mass is 9.86. The monoisotopic (exact) mass is 284 g/mol. The molecule has 1 saturated heterocycles. The van der Waals surface area contributed by atoms with Crippen molar-refractivity contribution < 1.29 is 14.6 Å². The summed E-state index contributed by atoms with van der Waals surface area (Å²) in [5, 5.41) is 9.37. The Hall–Kier alpha value is -0.870. The molecule has 86 valence electrons. The maximum atomic E-state index is 11.4. The SMILES string of the molecule is O=C(O)C1(c2ccc(Br)cc2)CCCCO1. The molecule has 3 nitrogen and oxygen atoms in total. The number of carbonyl (C=O) groups is 1. The summed E-state index contributed by atoms with van der Waals surface area (Å²) in [7, 11) is 0. The van der Waals surface area contributed by atoms with Crippen molar-refractivity contribution in [3.05, 3.63) is 34.3 Å². The second-order valence-corrected chi connectivity index (χ2v) is 4.86. The topological polar surface area (TPSA) is 46.5 Å². The highest BCUT2D eigenvalue weighted by Gasteiger charge is 2.42. The maximum Gasteiger partial charge on any atom is 0.340 e. The fourth-order valence-electron chi connectivity index (χ4n) is 2.03. The van der Waals surface area contributed by atoms with Crippen molar-refractivity contribution in [3.63, 3.8) is 0 Å². The molecule has 4 heteroatoms. The average Bonchev–Trinajstić information content (AvgIpc) is 2.30. The Bertz CT molecular complexity index is 380. The van der Waals surface area contributed by atoms with E-state index in [0.717, 1.165) is 22.9 Å². The van der Waals surface area contributed by atoms with Crippen LogP contribution in [0.25, 0.3) is 0 Å². The minimum Gasteiger partial charge on any atom is -0.479 e. The molecule has 0 bridgehead atoms. The van der Waals surface area contributed by atoms with Gasteiger partial charge in [0.15, 0.2) is 5.60 Å². The van der Waals surface area contributed by atoms with E-state index in [1.54, 1.807) is 0 Å². The van der Waals surface area contributed by atoms with Crippen LogP contribution in [-0.2, 0) is 15.1 Å². The fraction of sp³-hybridized carbons (Fsp3) is 0.417. The number of carboxylic acids is 1. The number of rotatable bonds is 2. The van der Waals surface area contributed by atoms with Gasteiger partial charge in [0.25, 0.3) is 0 Å². The molecule has 1 aromatic carbocycles. The Balaban J connectivity index is 2.38. The number of benzene rings is 1. The zero-order valence-electron chi connectivity index (χ0n) is 8.78. The minimum absolute atomic E-state index is 0.516. The van der Waals surface area contributed by atoms with Gasteiger partial charge in [-0.2, -0.15) is 0 Å². The Kier molecular flexibility index (Phi) is 3.30. The third-order valence-corrected chi connectivity index (χ3v) is 3.46. The molecule has 1 aliphatic rings. The van der Waals surface area contributed by atoms with Gasteiger partial charge in [0.2, 0.25) is 0 Å². The first kappa shape index (κ1) is 11.6. The maximum absolute atomic E-state index is 11.4. The van der Waals surface area contributed by atoms with Crippen LogP contribution >= 0.6 is 15.9 Å². The highest BCUT2D eigenvalue weighted by molar-refractivity contribution is 9.10. The number of hydrogen-bond donors (Lipinski definition) is 1. The summed E-state index contributed by atoms with van der Waals surface area (Å²) in [5.74, 6) is -0.894. The number of ether oxygens (including phenoxy) is 1. The van der Waals surface area contributed by atoms with Gasteiger partial charge in [0, 0.05) is 11.1 Å². The molecule has 1 heterocycles. The molecule has 1 atom stereocenters. The van der Waals surface area contributed by atoms with Crippen molar-refractivity contribution in [3.8, 4) is 0 Å². The molecule has 1 N–H and O–H groups in total. The average molecular weight is 285 g/mol. The van der Waals surface area contributed by atoms with E-state index in [0.29, 0.717) is 13.0 Å². The number of halogens is 1. The number of aliphatic carboxylic acids is 1. The molecule has 2 rings (SSSR count). The summed E-state index contributed by atoms with van der Waals surface area (Å²) in [6.45, 7) is 0.516. The molecule has 1 unspecified atom stereocenters. The molecule has 0 radical (unpaired) electrons. The fourth-order valence-corrected chi connectivity index (χ4v) is 2.30. The van der Waals surface area contributed by atoms with E-state index in [-0.39, 0.29) is 0 Å². The van der Waals surface area contributed by atoms with Crippen LogP contribution in [0.5, 0.6) is 0 Å². The van der Waals surface area contributed by atoms with E-state index >= 15 is 0 Å². The van der Waals surface area contributed by atoms with E-state index < -0.39 is 11.6 Å². The van der Waals surface area contributed by atoms with Crippen molar-refractivity contribution >= 4 is 21.9 Å². The van der Waals surface area contributed by atoms with Crippen LogP contribution in [0.4, 0.5) is 0 Å². The van der Waals surface area contributed by atoms with Crippen LogP contribution in [0.2, 0.25) is 0 Å². The Morgan fingerprint density at radius 1 is 1.31 bits per heavy atom. The summed E-state index contributed by atoms with van der Waals surface area (Å²) >= 11 is 3.34. The van der Waals surface area contributed by atoms with Crippen LogP contribution in [0.15, 0.2) is 28.7 Å². The molecule has 0 aromatic heterocycles. The van der Waals surface area contributed by atoms with Crippen molar-refractivity contribution in [1.29, 1.82) is 0 Å². The van der Waals surface area contributed by atoms with E-state index in [2.05, 4.69) is 15.9 Å². The van der Waals surface area contributed by atoms with Gasteiger partial charge in [-0.15, -0.1) is 0 Å². The second kappa shape index (κ2) is 4.55. The highest BCUT2D eigenvalue weighted by atomic mass is 79.9. The molecule has 1 aliphatic heterocycles. The second-order valence-electron chi connectivity index (χ2n) is 3.94. The minimum atomic E-state index is -1.14. The molecule has 1 aromatic rings. The van der Waals surface area contributed by atoms with Gasteiger partial charge in [-0.25, -0.2) is 4.79 Å². The quantitative estimate of drug-likeness (QED) is 0.908. The lowest BCUT2D eigenvalue weighted by molar-refractivity contribution is -0.174. The molecule has 0 aliphatic carbocycles. The Morgan fingerprint density at radius 3 is 2.50 bits per heavy atom. The van der Waals surface area contributed by atoms with E-state index in [4.69, 9.17) is 4.74 Å². The summed E-state index contributed by atoms with van der Waals surface area (Å²) in [6.07, 6.45) is 2.37. The predicted molar refractivity (Wildman–Crippen MR) is 63.3 cm³/mol. The summed E-state index contributed by atoms with van der Waals surface area (Å²) in [5.41, 5.74) is -0.415. The van der Waals surface area contributed by atoms with Crippen molar-refractivity contribution in [2.24, 2.45) is 0 Å². The van der Waals surface area contributed by atoms with Gasteiger partial charge < -0.3 is 9.84 Å². The first-order valence-electron chi connectivity index (χ1n) is 5.28. The zero-order valence-corrected chi connectivity index (χ0v) is 10.4. The van der Waals surface area contributed by atoms with Gasteiger partial charge in [0.05, 0.1) is 0 Å². The first-order chi connectivity index (χ1) is 7.65. The Morgan fingerprint density at radius 2 is 2.00 bits per heavy atom. The standard InChI is InChI=1S/C12H13BrO3/c13-10-5-3-9(4-6-10)12(11(14)15)7-1-2-8-16-12/h3-6H,1-2,7-8H2,(H,14,15). The van der Waals surface area contributed by atoms with Crippen LogP contribution in [0.1, 0.15) is 24.8 Å². The molecule has 0 spiro atoms.